The van der Waals surface area contributed by atoms with Gasteiger partial charge in [-0.15, -0.1) is 0 Å². The first kappa shape index (κ1) is 25.3. The number of rotatable bonds is 8. The first-order valence-corrected chi connectivity index (χ1v) is 12.5. The van der Waals surface area contributed by atoms with Crippen molar-refractivity contribution in [2.45, 2.75) is 18.1 Å². The Bertz CT molecular complexity index is 1460. The van der Waals surface area contributed by atoms with Crippen LogP contribution in [-0.2, 0) is 11.2 Å². The molecule has 5 aromatic rings. The van der Waals surface area contributed by atoms with E-state index in [0.717, 1.165) is 33.6 Å². The van der Waals surface area contributed by atoms with Gasteiger partial charge >= 0.3 is 0 Å². The zero-order chi connectivity index (χ0) is 26.6. The smallest absolute Gasteiger partial charge is 0.140 e. The van der Waals surface area contributed by atoms with Crippen LogP contribution >= 0.6 is 0 Å². The van der Waals surface area contributed by atoms with Crippen LogP contribution in [0.25, 0.3) is 0 Å². The van der Waals surface area contributed by atoms with Gasteiger partial charge in [-0.3, -0.25) is 0 Å². The van der Waals surface area contributed by atoms with Crippen LogP contribution < -0.4 is 9.47 Å². The van der Waals surface area contributed by atoms with Crippen molar-refractivity contribution in [3.05, 3.63) is 161 Å². The molecule has 2 atom stereocenters. The zero-order valence-corrected chi connectivity index (χ0v) is 21.4. The predicted octanol–water partition coefficient (Wildman–Crippen LogP) is 7.03. The minimum Gasteiger partial charge on any atom is -0.497 e. The maximum Gasteiger partial charge on any atom is 0.140 e. The molecule has 0 heterocycles. The van der Waals surface area contributed by atoms with Crippen molar-refractivity contribution in [1.29, 1.82) is 0 Å². The van der Waals surface area contributed by atoms with Gasteiger partial charge in [-0.2, -0.15) is 0 Å². The number of methoxy groups -OCH3 is 1. The minimum atomic E-state index is -1.35. The largest absolute Gasteiger partial charge is 0.497 e. The SMILES string of the molecule is COc1ccc(C(O)(c2ccccc2)c2ccc(Oc3ccc(C(C)(O)c4ccccc4)cc3)cc2)cc1. The molecule has 0 aliphatic heterocycles. The van der Waals surface area contributed by atoms with Crippen molar-refractivity contribution < 1.29 is 19.7 Å². The summed E-state index contributed by atoms with van der Waals surface area (Å²) in [7, 11) is 1.62. The Kier molecular flexibility index (Phi) is 7.01. The molecular weight excluding hydrogens is 472 g/mol. The molecule has 2 N–H and O–H groups in total. The summed E-state index contributed by atoms with van der Waals surface area (Å²) in [5.74, 6) is 2.02. The fourth-order valence-corrected chi connectivity index (χ4v) is 4.69. The van der Waals surface area contributed by atoms with E-state index in [1.54, 1.807) is 14.0 Å². The lowest BCUT2D eigenvalue weighted by atomic mass is 9.80. The number of hydrogen-bond acceptors (Lipinski definition) is 4. The summed E-state index contributed by atoms with van der Waals surface area (Å²) in [6, 6.07) is 41.5. The number of hydrogen-bond donors (Lipinski definition) is 2. The minimum absolute atomic E-state index is 0.640. The van der Waals surface area contributed by atoms with Crippen LogP contribution in [0.3, 0.4) is 0 Å². The normalized spacial score (nSPS) is 14.2. The van der Waals surface area contributed by atoms with Gasteiger partial charge in [0.05, 0.1) is 7.11 Å². The van der Waals surface area contributed by atoms with Crippen molar-refractivity contribution in [2.75, 3.05) is 7.11 Å². The third kappa shape index (κ3) is 4.92. The third-order valence-electron chi connectivity index (χ3n) is 6.96. The van der Waals surface area contributed by atoms with Crippen LogP contribution in [0.5, 0.6) is 17.2 Å². The number of aliphatic hydroxyl groups is 2. The van der Waals surface area contributed by atoms with Crippen LogP contribution in [0.15, 0.2) is 133 Å². The molecule has 4 heteroatoms. The molecule has 0 aliphatic carbocycles. The number of ether oxygens (including phenoxy) is 2. The summed E-state index contributed by atoms with van der Waals surface area (Å²) in [4.78, 5) is 0. The topological polar surface area (TPSA) is 58.9 Å². The summed E-state index contributed by atoms with van der Waals surface area (Å²) >= 11 is 0. The van der Waals surface area contributed by atoms with Gasteiger partial charge in [0.25, 0.3) is 0 Å². The highest BCUT2D eigenvalue weighted by molar-refractivity contribution is 5.49. The summed E-state index contributed by atoms with van der Waals surface area (Å²) in [5, 5.41) is 23.2. The Balaban J connectivity index is 1.40. The maximum atomic E-state index is 12.1. The highest BCUT2D eigenvalue weighted by Crippen LogP contribution is 2.38. The molecule has 5 aromatic carbocycles. The summed E-state index contributed by atoms with van der Waals surface area (Å²) in [6.07, 6.45) is 0. The number of benzene rings is 5. The van der Waals surface area contributed by atoms with Crippen LogP contribution in [0.2, 0.25) is 0 Å². The van der Waals surface area contributed by atoms with Crippen LogP contribution in [0.1, 0.15) is 34.7 Å². The zero-order valence-electron chi connectivity index (χ0n) is 21.4. The molecule has 0 aromatic heterocycles. The van der Waals surface area contributed by atoms with E-state index in [9.17, 15) is 10.2 Å². The Hall–Kier alpha value is -4.38. The molecular formula is C34H30O4. The molecule has 0 spiro atoms. The maximum absolute atomic E-state index is 12.1. The molecule has 5 rings (SSSR count). The van der Waals surface area contributed by atoms with Gasteiger partial charge in [0.1, 0.15) is 28.5 Å². The van der Waals surface area contributed by atoms with Gasteiger partial charge in [0, 0.05) is 0 Å². The van der Waals surface area contributed by atoms with E-state index < -0.39 is 11.2 Å². The second-order valence-electron chi connectivity index (χ2n) is 9.39. The highest BCUT2D eigenvalue weighted by Gasteiger charge is 2.34. The fraction of sp³-hybridized carbons (Fsp3) is 0.118. The quantitative estimate of drug-likeness (QED) is 0.224. The van der Waals surface area contributed by atoms with Gasteiger partial charge < -0.3 is 19.7 Å². The van der Waals surface area contributed by atoms with Crippen molar-refractivity contribution in [3.63, 3.8) is 0 Å². The molecule has 0 bridgehead atoms. The lowest BCUT2D eigenvalue weighted by Gasteiger charge is -2.30. The fourth-order valence-electron chi connectivity index (χ4n) is 4.69. The van der Waals surface area contributed by atoms with Crippen molar-refractivity contribution in [2.24, 2.45) is 0 Å². The average molecular weight is 503 g/mol. The lowest BCUT2D eigenvalue weighted by molar-refractivity contribution is 0.102. The van der Waals surface area contributed by atoms with E-state index in [1.807, 2.05) is 133 Å². The Labute approximate surface area is 223 Å². The van der Waals surface area contributed by atoms with Crippen molar-refractivity contribution in [1.82, 2.24) is 0 Å². The van der Waals surface area contributed by atoms with Crippen LogP contribution in [-0.4, -0.2) is 17.3 Å². The summed E-state index contributed by atoms with van der Waals surface area (Å²) in [6.45, 7) is 1.79. The Morgan fingerprint density at radius 2 is 0.789 bits per heavy atom. The molecule has 0 aliphatic rings. The lowest BCUT2D eigenvalue weighted by Crippen LogP contribution is -2.28. The van der Waals surface area contributed by atoms with Gasteiger partial charge in [0.15, 0.2) is 0 Å². The average Bonchev–Trinajstić information content (AvgIpc) is 2.98. The molecule has 4 nitrogen and oxygen atoms in total. The first-order chi connectivity index (χ1) is 18.4. The third-order valence-corrected chi connectivity index (χ3v) is 6.96. The van der Waals surface area contributed by atoms with Gasteiger partial charge in [0.2, 0.25) is 0 Å². The Morgan fingerprint density at radius 3 is 1.24 bits per heavy atom. The highest BCUT2D eigenvalue weighted by atomic mass is 16.5. The van der Waals surface area contributed by atoms with Gasteiger partial charge in [-0.1, -0.05) is 97.1 Å². The standard InChI is InChI=1S/C34H30O4/c1-33(35,25-9-5-3-6-10-25)26-13-21-31(22-14-26)38-32-23-17-29(18-24-32)34(36,27-11-7-4-8-12-27)28-15-19-30(37-2)20-16-28/h3-24,35-36H,1-2H3. The summed E-state index contributed by atoms with van der Waals surface area (Å²) in [5.41, 5.74) is 1.36. The molecule has 38 heavy (non-hydrogen) atoms. The molecule has 190 valence electrons. The van der Waals surface area contributed by atoms with E-state index in [4.69, 9.17) is 9.47 Å². The monoisotopic (exact) mass is 502 g/mol. The molecule has 0 saturated carbocycles. The summed E-state index contributed by atoms with van der Waals surface area (Å²) < 4.78 is 11.4. The van der Waals surface area contributed by atoms with Crippen molar-refractivity contribution >= 4 is 0 Å². The predicted molar refractivity (Wildman–Crippen MR) is 150 cm³/mol. The second-order valence-corrected chi connectivity index (χ2v) is 9.39. The molecule has 0 fully saturated rings. The van der Waals surface area contributed by atoms with Crippen LogP contribution in [0.4, 0.5) is 0 Å². The van der Waals surface area contributed by atoms with E-state index in [1.165, 1.54) is 0 Å². The van der Waals surface area contributed by atoms with Gasteiger partial charge in [-0.25, -0.2) is 0 Å². The first-order valence-electron chi connectivity index (χ1n) is 12.5. The van der Waals surface area contributed by atoms with Crippen molar-refractivity contribution in [3.8, 4) is 17.2 Å². The molecule has 0 saturated heterocycles. The van der Waals surface area contributed by atoms with E-state index in [0.29, 0.717) is 11.5 Å². The molecule has 0 amide bonds. The second kappa shape index (κ2) is 10.5. The van der Waals surface area contributed by atoms with E-state index in [2.05, 4.69) is 0 Å². The van der Waals surface area contributed by atoms with E-state index >= 15 is 0 Å². The molecule has 2 unspecified atom stereocenters. The van der Waals surface area contributed by atoms with Crippen LogP contribution in [0, 0.1) is 0 Å². The van der Waals surface area contributed by atoms with E-state index in [-0.39, 0.29) is 0 Å². The van der Waals surface area contributed by atoms with Gasteiger partial charge in [-0.05, 0) is 71.1 Å². The molecule has 0 radical (unpaired) electrons. The Morgan fingerprint density at radius 1 is 0.447 bits per heavy atom.